The summed E-state index contributed by atoms with van der Waals surface area (Å²) in [4.78, 5) is 30.3. The predicted octanol–water partition coefficient (Wildman–Crippen LogP) is 4.56. The summed E-state index contributed by atoms with van der Waals surface area (Å²) in [7, 11) is 2.75. The van der Waals surface area contributed by atoms with Gasteiger partial charge in [0.1, 0.15) is 22.3 Å². The number of carbonyl (C=O) groups is 1. The fourth-order valence-corrected chi connectivity index (χ4v) is 4.13. The Balaban J connectivity index is 1.81. The molecule has 29 heavy (non-hydrogen) atoms. The second-order valence-electron chi connectivity index (χ2n) is 6.13. The second kappa shape index (κ2) is 7.69. The molecule has 0 saturated carbocycles. The lowest BCUT2D eigenvalue weighted by Crippen LogP contribution is -2.18. The Hall–Kier alpha value is -3.16. The maximum absolute atomic E-state index is 13.1. The van der Waals surface area contributed by atoms with Gasteiger partial charge in [-0.15, -0.1) is 11.3 Å². The Labute approximate surface area is 174 Å². The zero-order chi connectivity index (χ0) is 20.5. The van der Waals surface area contributed by atoms with Gasteiger partial charge in [0.2, 0.25) is 0 Å². The van der Waals surface area contributed by atoms with Gasteiger partial charge in [-0.2, -0.15) is 0 Å². The number of benzene rings is 2. The molecule has 6 nitrogen and oxygen atoms in total. The van der Waals surface area contributed by atoms with Crippen molar-refractivity contribution < 1.29 is 14.3 Å². The molecule has 0 aliphatic rings. The smallest absolute Gasteiger partial charge is 0.341 e. The van der Waals surface area contributed by atoms with Gasteiger partial charge in [-0.3, -0.25) is 9.36 Å². The molecule has 146 valence electrons. The summed E-state index contributed by atoms with van der Waals surface area (Å²) in [5.74, 6) is -0.199. The highest BCUT2D eigenvalue weighted by Gasteiger charge is 2.16. The highest BCUT2D eigenvalue weighted by atomic mass is 35.5. The number of hydrogen-bond acceptors (Lipinski definition) is 6. The minimum atomic E-state index is -0.514. The van der Waals surface area contributed by atoms with E-state index >= 15 is 0 Å². The zero-order valence-corrected chi connectivity index (χ0v) is 17.1. The van der Waals surface area contributed by atoms with Gasteiger partial charge in [0, 0.05) is 16.0 Å². The van der Waals surface area contributed by atoms with E-state index < -0.39 is 5.97 Å². The van der Waals surface area contributed by atoms with Crippen LogP contribution in [0.25, 0.3) is 26.3 Å². The Bertz CT molecular complexity index is 1280. The molecule has 0 amide bonds. The fraction of sp³-hybridized carbons (Fsp3) is 0.0952. The van der Waals surface area contributed by atoms with Crippen molar-refractivity contribution >= 4 is 39.1 Å². The first-order valence-electron chi connectivity index (χ1n) is 8.55. The van der Waals surface area contributed by atoms with E-state index in [1.54, 1.807) is 18.2 Å². The van der Waals surface area contributed by atoms with Crippen molar-refractivity contribution in [3.05, 3.63) is 75.8 Å². The third kappa shape index (κ3) is 3.50. The lowest BCUT2D eigenvalue weighted by atomic mass is 10.1. The summed E-state index contributed by atoms with van der Waals surface area (Å²) in [5, 5.41) is 0.652. The number of fused-ring (bicyclic) bond motifs is 1. The molecule has 4 rings (SSSR count). The molecule has 0 radical (unpaired) electrons. The summed E-state index contributed by atoms with van der Waals surface area (Å²) in [6, 6.07) is 14.1. The standard InChI is InChI=1S/C21H15ClN2O4S/c1-27-17-9-14(7-8-15(17)21(26)28-2)24-11-23-16-10-18(29-19(16)20(24)25)12-3-5-13(22)6-4-12/h3-11H,1-2H3. The van der Waals surface area contributed by atoms with Crippen LogP contribution in [0, 0.1) is 0 Å². The molecular weight excluding hydrogens is 412 g/mol. The van der Waals surface area contributed by atoms with Gasteiger partial charge in [0.15, 0.2) is 0 Å². The molecule has 0 atom stereocenters. The van der Waals surface area contributed by atoms with Gasteiger partial charge in [-0.25, -0.2) is 9.78 Å². The molecule has 2 aromatic carbocycles. The fourth-order valence-electron chi connectivity index (χ4n) is 2.96. The van der Waals surface area contributed by atoms with Crippen molar-refractivity contribution in [3.63, 3.8) is 0 Å². The lowest BCUT2D eigenvalue weighted by molar-refractivity contribution is 0.0597. The zero-order valence-electron chi connectivity index (χ0n) is 15.5. The van der Waals surface area contributed by atoms with E-state index in [0.29, 0.717) is 26.7 Å². The first-order valence-corrected chi connectivity index (χ1v) is 9.75. The van der Waals surface area contributed by atoms with Crippen molar-refractivity contribution in [1.29, 1.82) is 0 Å². The van der Waals surface area contributed by atoms with Crippen LogP contribution in [0.5, 0.6) is 5.75 Å². The first-order chi connectivity index (χ1) is 14.0. The maximum atomic E-state index is 13.1. The van der Waals surface area contributed by atoms with E-state index in [0.717, 1.165) is 10.4 Å². The Morgan fingerprint density at radius 1 is 1.10 bits per heavy atom. The molecule has 4 aromatic rings. The van der Waals surface area contributed by atoms with Crippen molar-refractivity contribution in [2.24, 2.45) is 0 Å². The molecule has 0 unspecified atom stereocenters. The number of carbonyl (C=O) groups excluding carboxylic acids is 1. The van der Waals surface area contributed by atoms with E-state index in [1.165, 1.54) is 36.5 Å². The number of ether oxygens (including phenoxy) is 2. The number of methoxy groups -OCH3 is 2. The largest absolute Gasteiger partial charge is 0.496 e. The molecule has 8 heteroatoms. The summed E-state index contributed by atoms with van der Waals surface area (Å²) in [6.45, 7) is 0. The van der Waals surface area contributed by atoms with Crippen LogP contribution in [-0.2, 0) is 4.74 Å². The van der Waals surface area contributed by atoms with Crippen LogP contribution in [0.2, 0.25) is 5.02 Å². The van der Waals surface area contributed by atoms with Crippen molar-refractivity contribution in [1.82, 2.24) is 9.55 Å². The van der Waals surface area contributed by atoms with Crippen LogP contribution in [0.4, 0.5) is 0 Å². The monoisotopic (exact) mass is 426 g/mol. The molecule has 0 N–H and O–H groups in total. The average Bonchev–Trinajstić information content (AvgIpc) is 3.19. The number of rotatable bonds is 4. The van der Waals surface area contributed by atoms with Crippen LogP contribution in [-0.4, -0.2) is 29.7 Å². The SMILES string of the molecule is COC(=O)c1ccc(-n2cnc3cc(-c4ccc(Cl)cc4)sc3c2=O)cc1OC. The predicted molar refractivity (Wildman–Crippen MR) is 114 cm³/mol. The van der Waals surface area contributed by atoms with Gasteiger partial charge in [-0.1, -0.05) is 23.7 Å². The third-order valence-electron chi connectivity index (χ3n) is 4.44. The molecule has 0 spiro atoms. The van der Waals surface area contributed by atoms with Gasteiger partial charge in [-0.05, 0) is 35.9 Å². The molecule has 2 aromatic heterocycles. The van der Waals surface area contributed by atoms with Gasteiger partial charge < -0.3 is 9.47 Å². The maximum Gasteiger partial charge on any atom is 0.341 e. The second-order valence-corrected chi connectivity index (χ2v) is 7.62. The van der Waals surface area contributed by atoms with Crippen LogP contribution < -0.4 is 10.3 Å². The number of esters is 1. The van der Waals surface area contributed by atoms with E-state index in [4.69, 9.17) is 21.1 Å². The topological polar surface area (TPSA) is 70.4 Å². The van der Waals surface area contributed by atoms with E-state index in [-0.39, 0.29) is 11.1 Å². The lowest BCUT2D eigenvalue weighted by Gasteiger charge is -2.10. The molecular formula is C21H15ClN2O4S. The normalized spacial score (nSPS) is 10.9. The van der Waals surface area contributed by atoms with E-state index in [1.807, 2.05) is 30.3 Å². The number of halogens is 1. The Morgan fingerprint density at radius 2 is 1.86 bits per heavy atom. The van der Waals surface area contributed by atoms with Gasteiger partial charge in [0.05, 0.1) is 25.4 Å². The van der Waals surface area contributed by atoms with Crippen LogP contribution >= 0.6 is 22.9 Å². The average molecular weight is 427 g/mol. The van der Waals surface area contributed by atoms with E-state index in [2.05, 4.69) is 4.98 Å². The van der Waals surface area contributed by atoms with Crippen LogP contribution in [0.1, 0.15) is 10.4 Å². The number of hydrogen-bond donors (Lipinski definition) is 0. The van der Waals surface area contributed by atoms with Crippen LogP contribution in [0.3, 0.4) is 0 Å². The first kappa shape index (κ1) is 19.2. The number of nitrogens with zero attached hydrogens (tertiary/aromatic N) is 2. The summed E-state index contributed by atoms with van der Waals surface area (Å²) < 4.78 is 12.0. The van der Waals surface area contributed by atoms with Gasteiger partial charge in [0.25, 0.3) is 5.56 Å². The summed E-state index contributed by atoms with van der Waals surface area (Å²) >= 11 is 7.32. The molecule has 0 fully saturated rings. The summed E-state index contributed by atoms with van der Waals surface area (Å²) in [6.07, 6.45) is 1.47. The Kier molecular flexibility index (Phi) is 5.08. The number of thiophene rings is 1. The van der Waals surface area contributed by atoms with Crippen molar-refractivity contribution in [3.8, 4) is 21.9 Å². The highest BCUT2D eigenvalue weighted by Crippen LogP contribution is 2.32. The quantitative estimate of drug-likeness (QED) is 0.447. The number of aromatic nitrogens is 2. The molecule has 0 aliphatic heterocycles. The molecule has 0 bridgehead atoms. The van der Waals surface area contributed by atoms with Gasteiger partial charge >= 0.3 is 5.97 Å². The molecule has 0 aliphatic carbocycles. The van der Waals surface area contributed by atoms with Crippen molar-refractivity contribution in [2.75, 3.05) is 14.2 Å². The Morgan fingerprint density at radius 3 is 2.55 bits per heavy atom. The molecule has 0 saturated heterocycles. The minimum absolute atomic E-state index is 0.201. The third-order valence-corrected chi connectivity index (χ3v) is 5.85. The summed E-state index contributed by atoms with van der Waals surface area (Å²) in [5.41, 5.74) is 2.21. The van der Waals surface area contributed by atoms with Crippen LogP contribution in [0.15, 0.2) is 59.7 Å². The highest BCUT2D eigenvalue weighted by molar-refractivity contribution is 7.22. The minimum Gasteiger partial charge on any atom is -0.496 e. The van der Waals surface area contributed by atoms with Crippen molar-refractivity contribution in [2.45, 2.75) is 0 Å². The van der Waals surface area contributed by atoms with E-state index in [9.17, 15) is 9.59 Å². The molecule has 2 heterocycles.